The lowest BCUT2D eigenvalue weighted by molar-refractivity contribution is -0.126. The Balaban J connectivity index is 2.71. The number of carbonyl (C=O) groups is 2. The highest BCUT2D eigenvalue weighted by Crippen LogP contribution is 2.05. The first kappa shape index (κ1) is 13.2. The minimum atomic E-state index is -0.266. The Kier molecular flexibility index (Phi) is 4.64. The summed E-state index contributed by atoms with van der Waals surface area (Å²) in [5.74, 6) is -0.460. The van der Waals surface area contributed by atoms with Gasteiger partial charge in [-0.1, -0.05) is 29.8 Å². The first-order chi connectivity index (χ1) is 8.02. The number of nitrogens with zero attached hydrogens (tertiary/aromatic N) is 1. The van der Waals surface area contributed by atoms with Crippen molar-refractivity contribution in [1.29, 1.82) is 0 Å². The number of rotatable bonds is 3. The highest BCUT2D eigenvalue weighted by Gasteiger charge is 2.16. The van der Waals surface area contributed by atoms with Crippen LogP contribution >= 0.6 is 0 Å². The lowest BCUT2D eigenvalue weighted by Crippen LogP contribution is -2.32. The van der Waals surface area contributed by atoms with E-state index >= 15 is 0 Å². The maximum absolute atomic E-state index is 11.9. The number of carbonyl (C=O) groups excluding carboxylic acids is 2. The average molecular weight is 231 g/mol. The van der Waals surface area contributed by atoms with Crippen molar-refractivity contribution in [1.82, 2.24) is 4.90 Å². The molecule has 0 bridgehead atoms. The van der Waals surface area contributed by atoms with Crippen LogP contribution in [0.25, 0.3) is 0 Å². The van der Waals surface area contributed by atoms with E-state index in [1.165, 1.54) is 7.05 Å². The average Bonchev–Trinajstić information content (AvgIpc) is 2.35. The molecule has 0 aromatic heterocycles. The van der Waals surface area contributed by atoms with Crippen LogP contribution in [0.2, 0.25) is 0 Å². The molecule has 0 aliphatic heterocycles. The predicted molar refractivity (Wildman–Crippen MR) is 67.6 cm³/mol. The zero-order chi connectivity index (χ0) is 12.8. The molecule has 0 radical (unpaired) electrons. The van der Waals surface area contributed by atoms with Crippen LogP contribution in [0, 0.1) is 0 Å². The van der Waals surface area contributed by atoms with E-state index in [0.29, 0.717) is 5.56 Å². The third-order valence-corrected chi connectivity index (χ3v) is 2.38. The normalized spacial score (nSPS) is 9.59. The largest absolute Gasteiger partial charge is 0.281 e. The van der Waals surface area contributed by atoms with Crippen LogP contribution in [0.15, 0.2) is 42.0 Å². The van der Waals surface area contributed by atoms with Gasteiger partial charge < -0.3 is 0 Å². The molecule has 1 aromatic rings. The van der Waals surface area contributed by atoms with Crippen molar-refractivity contribution in [3.63, 3.8) is 0 Å². The van der Waals surface area contributed by atoms with Crippen LogP contribution < -0.4 is 0 Å². The molecule has 0 spiro atoms. The summed E-state index contributed by atoms with van der Waals surface area (Å²) >= 11 is 0. The first-order valence-electron chi connectivity index (χ1n) is 5.51. The van der Waals surface area contributed by atoms with Gasteiger partial charge in [-0.15, -0.1) is 0 Å². The molecule has 1 aromatic carbocycles. The fraction of sp³-hybridized carbons (Fsp3) is 0.286. The molecule has 3 nitrogen and oxygen atoms in total. The van der Waals surface area contributed by atoms with Gasteiger partial charge in [-0.2, -0.15) is 0 Å². The van der Waals surface area contributed by atoms with Crippen LogP contribution in [0.1, 0.15) is 30.6 Å². The molecule has 0 aliphatic carbocycles. The lowest BCUT2D eigenvalue weighted by atomic mass is 10.2. The second-order valence-corrected chi connectivity index (χ2v) is 4.11. The molecule has 0 heterocycles. The Bertz CT molecular complexity index is 431. The molecule has 0 fully saturated rings. The number of imide groups is 1. The first-order valence-corrected chi connectivity index (χ1v) is 5.51. The number of allylic oxidation sites excluding steroid dienone is 1. The van der Waals surface area contributed by atoms with E-state index < -0.39 is 0 Å². The lowest BCUT2D eigenvalue weighted by Gasteiger charge is -2.14. The second kappa shape index (κ2) is 5.99. The Morgan fingerprint density at radius 2 is 1.76 bits per heavy atom. The van der Waals surface area contributed by atoms with Gasteiger partial charge in [0.1, 0.15) is 0 Å². The van der Waals surface area contributed by atoms with Crippen molar-refractivity contribution in [3.8, 4) is 0 Å². The molecule has 2 amide bonds. The minimum absolute atomic E-state index is 0.194. The van der Waals surface area contributed by atoms with E-state index in [1.54, 1.807) is 24.3 Å². The van der Waals surface area contributed by atoms with Crippen LogP contribution in [-0.2, 0) is 4.79 Å². The molecule has 1 rings (SSSR count). The van der Waals surface area contributed by atoms with Gasteiger partial charge in [0, 0.05) is 19.0 Å². The molecule has 0 atom stereocenters. The quantitative estimate of drug-likeness (QED) is 0.750. The summed E-state index contributed by atoms with van der Waals surface area (Å²) in [6.45, 7) is 3.85. The second-order valence-electron chi connectivity index (χ2n) is 4.11. The number of hydrogen-bond acceptors (Lipinski definition) is 2. The summed E-state index contributed by atoms with van der Waals surface area (Å²) in [5.41, 5.74) is 1.60. The van der Waals surface area contributed by atoms with Crippen molar-refractivity contribution in [2.45, 2.75) is 20.3 Å². The molecule has 0 saturated carbocycles. The Morgan fingerprint density at radius 1 is 1.18 bits per heavy atom. The van der Waals surface area contributed by atoms with Gasteiger partial charge in [0.15, 0.2) is 0 Å². The van der Waals surface area contributed by atoms with E-state index in [9.17, 15) is 9.59 Å². The Morgan fingerprint density at radius 3 is 2.29 bits per heavy atom. The van der Waals surface area contributed by atoms with Gasteiger partial charge in [-0.25, -0.2) is 0 Å². The molecule has 0 saturated heterocycles. The number of hydrogen-bond donors (Lipinski definition) is 0. The summed E-state index contributed by atoms with van der Waals surface area (Å²) in [6.07, 6.45) is 2.08. The van der Waals surface area contributed by atoms with Gasteiger partial charge in [0.25, 0.3) is 5.91 Å². The minimum Gasteiger partial charge on any atom is -0.281 e. The molecule has 90 valence electrons. The summed E-state index contributed by atoms with van der Waals surface area (Å²) in [4.78, 5) is 24.8. The van der Waals surface area contributed by atoms with Crippen molar-refractivity contribution in [2.75, 3.05) is 7.05 Å². The maximum Gasteiger partial charge on any atom is 0.260 e. The standard InChI is InChI=1S/C14H17NO2/c1-11(2)9-10-13(16)15(3)14(17)12-7-5-4-6-8-12/h4-9H,10H2,1-3H3. The van der Waals surface area contributed by atoms with E-state index in [-0.39, 0.29) is 18.2 Å². The van der Waals surface area contributed by atoms with E-state index in [0.717, 1.165) is 10.5 Å². The van der Waals surface area contributed by atoms with Crippen molar-refractivity contribution >= 4 is 11.8 Å². The molecular weight excluding hydrogens is 214 g/mol. The predicted octanol–water partition coefficient (Wildman–Crippen LogP) is 2.64. The zero-order valence-corrected chi connectivity index (χ0v) is 10.4. The Hall–Kier alpha value is -1.90. The van der Waals surface area contributed by atoms with Gasteiger partial charge in [0.2, 0.25) is 5.91 Å². The molecule has 3 heteroatoms. The van der Waals surface area contributed by atoms with Crippen LogP contribution in [0.3, 0.4) is 0 Å². The topological polar surface area (TPSA) is 37.4 Å². The Labute approximate surface area is 102 Å². The van der Waals surface area contributed by atoms with E-state index in [1.807, 2.05) is 26.0 Å². The van der Waals surface area contributed by atoms with Gasteiger partial charge in [0.05, 0.1) is 0 Å². The monoisotopic (exact) mass is 231 g/mol. The number of benzene rings is 1. The number of amides is 2. The molecule has 0 N–H and O–H groups in total. The fourth-order valence-corrected chi connectivity index (χ4v) is 1.32. The highest BCUT2D eigenvalue weighted by molar-refractivity contribution is 6.04. The van der Waals surface area contributed by atoms with Crippen molar-refractivity contribution < 1.29 is 9.59 Å². The maximum atomic E-state index is 11.9. The van der Waals surface area contributed by atoms with Crippen LogP contribution in [-0.4, -0.2) is 23.8 Å². The van der Waals surface area contributed by atoms with Crippen LogP contribution in [0.4, 0.5) is 0 Å². The summed E-state index contributed by atoms with van der Waals surface area (Å²) in [7, 11) is 1.51. The summed E-state index contributed by atoms with van der Waals surface area (Å²) in [5, 5.41) is 0. The zero-order valence-electron chi connectivity index (χ0n) is 10.4. The smallest absolute Gasteiger partial charge is 0.260 e. The summed E-state index contributed by atoms with van der Waals surface area (Å²) in [6, 6.07) is 8.80. The fourth-order valence-electron chi connectivity index (χ4n) is 1.32. The summed E-state index contributed by atoms with van der Waals surface area (Å²) < 4.78 is 0. The van der Waals surface area contributed by atoms with Crippen molar-refractivity contribution in [2.24, 2.45) is 0 Å². The van der Waals surface area contributed by atoms with Crippen molar-refractivity contribution in [3.05, 3.63) is 47.5 Å². The van der Waals surface area contributed by atoms with Gasteiger partial charge >= 0.3 is 0 Å². The van der Waals surface area contributed by atoms with Crippen LogP contribution in [0.5, 0.6) is 0 Å². The highest BCUT2D eigenvalue weighted by atomic mass is 16.2. The van der Waals surface area contributed by atoms with E-state index in [4.69, 9.17) is 0 Å². The molecular formula is C14H17NO2. The van der Waals surface area contributed by atoms with E-state index in [2.05, 4.69) is 0 Å². The van der Waals surface area contributed by atoms with Gasteiger partial charge in [-0.05, 0) is 26.0 Å². The van der Waals surface area contributed by atoms with Gasteiger partial charge in [-0.3, -0.25) is 14.5 Å². The molecule has 0 aliphatic rings. The SMILES string of the molecule is CC(C)=CCC(=O)N(C)C(=O)c1ccccc1. The third kappa shape index (κ3) is 3.87. The molecule has 17 heavy (non-hydrogen) atoms. The third-order valence-electron chi connectivity index (χ3n) is 2.38. The molecule has 0 unspecified atom stereocenters.